The minimum Gasteiger partial charge on any atom is -0.450 e. The van der Waals surface area contributed by atoms with Gasteiger partial charge in [0.1, 0.15) is 0 Å². The highest BCUT2D eigenvalue weighted by Crippen LogP contribution is 2.15. The van der Waals surface area contributed by atoms with Crippen molar-refractivity contribution in [2.24, 2.45) is 0 Å². The minimum atomic E-state index is -1.01. The van der Waals surface area contributed by atoms with Gasteiger partial charge in [-0.2, -0.15) is 0 Å². The highest BCUT2D eigenvalue weighted by Gasteiger charge is 2.28. The highest BCUT2D eigenvalue weighted by molar-refractivity contribution is 5.94. The highest BCUT2D eigenvalue weighted by atomic mass is 19.2. The van der Waals surface area contributed by atoms with Gasteiger partial charge in [-0.1, -0.05) is 0 Å². The summed E-state index contributed by atoms with van der Waals surface area (Å²) in [6, 6.07) is 2.76. The van der Waals surface area contributed by atoms with Crippen molar-refractivity contribution in [3.05, 3.63) is 29.8 Å². The third kappa shape index (κ3) is 4.41. The number of anilines is 1. The van der Waals surface area contributed by atoms with Crippen LogP contribution in [0, 0.1) is 11.6 Å². The Morgan fingerprint density at radius 3 is 2.46 bits per heavy atom. The van der Waals surface area contributed by atoms with Crippen LogP contribution < -0.4 is 5.32 Å². The average Bonchev–Trinajstić information content (AvgIpc) is 2.58. The Morgan fingerprint density at radius 1 is 1.21 bits per heavy atom. The molecule has 1 atom stereocenters. The van der Waals surface area contributed by atoms with Crippen molar-refractivity contribution in [2.45, 2.75) is 19.9 Å². The van der Waals surface area contributed by atoms with Gasteiger partial charge in [0.05, 0.1) is 12.6 Å². The molecule has 1 N–H and O–H groups in total. The van der Waals surface area contributed by atoms with Crippen LogP contribution in [-0.2, 0) is 9.53 Å². The van der Waals surface area contributed by atoms with Crippen LogP contribution in [0.15, 0.2) is 18.2 Å². The lowest BCUT2D eigenvalue weighted by molar-refractivity contribution is -0.121. The first-order valence-electron chi connectivity index (χ1n) is 7.84. The van der Waals surface area contributed by atoms with Gasteiger partial charge in [0.15, 0.2) is 11.6 Å². The number of nitrogens with zero attached hydrogens (tertiary/aromatic N) is 2. The number of rotatable bonds is 4. The van der Waals surface area contributed by atoms with E-state index >= 15 is 0 Å². The van der Waals surface area contributed by atoms with E-state index in [-0.39, 0.29) is 17.7 Å². The molecule has 0 spiro atoms. The van der Waals surface area contributed by atoms with Crippen LogP contribution >= 0.6 is 0 Å². The summed E-state index contributed by atoms with van der Waals surface area (Å²) in [4.78, 5) is 27.4. The van der Waals surface area contributed by atoms with Gasteiger partial charge >= 0.3 is 6.09 Å². The maximum Gasteiger partial charge on any atom is 0.409 e. The number of ether oxygens (including phenoxy) is 1. The van der Waals surface area contributed by atoms with Gasteiger partial charge in [-0.05, 0) is 26.0 Å². The molecule has 6 nitrogen and oxygen atoms in total. The van der Waals surface area contributed by atoms with Gasteiger partial charge < -0.3 is 15.0 Å². The fourth-order valence-electron chi connectivity index (χ4n) is 2.49. The molecule has 132 valence electrons. The van der Waals surface area contributed by atoms with Gasteiger partial charge in [-0.15, -0.1) is 0 Å². The van der Waals surface area contributed by atoms with Crippen LogP contribution in [-0.4, -0.2) is 60.6 Å². The van der Waals surface area contributed by atoms with E-state index in [4.69, 9.17) is 4.74 Å². The van der Waals surface area contributed by atoms with Gasteiger partial charge in [-0.3, -0.25) is 9.69 Å². The van der Waals surface area contributed by atoms with E-state index in [2.05, 4.69) is 5.32 Å². The molecule has 2 amide bonds. The van der Waals surface area contributed by atoms with Crippen LogP contribution in [0.1, 0.15) is 13.8 Å². The average molecular weight is 341 g/mol. The van der Waals surface area contributed by atoms with E-state index in [1.165, 1.54) is 6.07 Å². The minimum absolute atomic E-state index is 0.205. The van der Waals surface area contributed by atoms with E-state index in [0.717, 1.165) is 12.1 Å². The lowest BCUT2D eigenvalue weighted by Gasteiger charge is -2.36. The molecule has 24 heavy (non-hydrogen) atoms. The summed E-state index contributed by atoms with van der Waals surface area (Å²) in [5, 5.41) is 2.57. The van der Waals surface area contributed by atoms with E-state index in [9.17, 15) is 18.4 Å². The van der Waals surface area contributed by atoms with Gasteiger partial charge in [0, 0.05) is 37.9 Å². The molecule has 0 bridgehead atoms. The molecule has 1 fully saturated rings. The summed E-state index contributed by atoms with van der Waals surface area (Å²) in [6.07, 6.45) is -0.351. The van der Waals surface area contributed by atoms with Crippen LogP contribution in [0.25, 0.3) is 0 Å². The first-order valence-corrected chi connectivity index (χ1v) is 7.84. The molecule has 0 radical (unpaired) electrons. The second kappa shape index (κ2) is 8.05. The van der Waals surface area contributed by atoms with Crippen molar-refractivity contribution in [3.63, 3.8) is 0 Å². The van der Waals surface area contributed by atoms with Crippen molar-refractivity contribution in [2.75, 3.05) is 38.1 Å². The summed E-state index contributed by atoms with van der Waals surface area (Å²) in [6.45, 7) is 5.82. The Kier molecular flexibility index (Phi) is 6.08. The van der Waals surface area contributed by atoms with E-state index < -0.39 is 17.7 Å². The smallest absolute Gasteiger partial charge is 0.409 e. The fraction of sp³-hybridized carbons (Fsp3) is 0.500. The Hall–Kier alpha value is -2.22. The van der Waals surface area contributed by atoms with Gasteiger partial charge in [-0.25, -0.2) is 13.6 Å². The molecule has 0 unspecified atom stereocenters. The number of halogens is 2. The van der Waals surface area contributed by atoms with E-state index in [1.54, 1.807) is 18.7 Å². The second-order valence-corrected chi connectivity index (χ2v) is 5.52. The van der Waals surface area contributed by atoms with Crippen molar-refractivity contribution in [1.29, 1.82) is 0 Å². The number of nitrogens with one attached hydrogen (secondary N) is 1. The normalized spacial score (nSPS) is 16.6. The number of hydrogen-bond donors (Lipinski definition) is 1. The molecule has 1 aliphatic heterocycles. The number of carbonyl (C=O) groups excluding carboxylic acids is 2. The first-order chi connectivity index (χ1) is 11.4. The van der Waals surface area contributed by atoms with Crippen molar-refractivity contribution in [3.8, 4) is 0 Å². The molecular weight excluding hydrogens is 320 g/mol. The molecule has 1 aromatic carbocycles. The van der Waals surface area contributed by atoms with Crippen LogP contribution in [0.5, 0.6) is 0 Å². The quantitative estimate of drug-likeness (QED) is 0.911. The van der Waals surface area contributed by atoms with Gasteiger partial charge in [0.25, 0.3) is 0 Å². The summed E-state index contributed by atoms with van der Waals surface area (Å²) >= 11 is 0. The maximum absolute atomic E-state index is 13.2. The number of piperazine rings is 1. The molecule has 2 rings (SSSR count). The lowest BCUT2D eigenvalue weighted by atomic mass is 10.2. The fourth-order valence-corrected chi connectivity index (χ4v) is 2.49. The molecule has 1 heterocycles. The molecule has 0 saturated carbocycles. The van der Waals surface area contributed by atoms with Crippen molar-refractivity contribution < 1.29 is 23.1 Å². The second-order valence-electron chi connectivity index (χ2n) is 5.52. The summed E-state index contributed by atoms with van der Waals surface area (Å²) in [7, 11) is 0. The standard InChI is InChI=1S/C16H21F2N3O3/c1-3-24-16(23)21-8-6-20(7-9-21)11(2)15(22)19-12-4-5-13(17)14(18)10-12/h4-5,10-11H,3,6-9H2,1-2H3,(H,19,22)/t11-/m1/s1. The molecule has 0 aromatic heterocycles. The maximum atomic E-state index is 13.2. The van der Waals surface area contributed by atoms with Crippen LogP contribution in [0.3, 0.4) is 0 Å². The number of benzene rings is 1. The van der Waals surface area contributed by atoms with Crippen LogP contribution in [0.2, 0.25) is 0 Å². The Labute approximate surface area is 139 Å². The van der Waals surface area contributed by atoms with Crippen molar-refractivity contribution in [1.82, 2.24) is 9.80 Å². The summed E-state index contributed by atoms with van der Waals surface area (Å²) in [5.41, 5.74) is 0.205. The molecule has 0 aliphatic carbocycles. The third-order valence-corrected chi connectivity index (χ3v) is 3.95. The Bertz CT molecular complexity index is 604. The Balaban J connectivity index is 1.87. The number of amides is 2. The largest absolute Gasteiger partial charge is 0.450 e. The number of carbonyl (C=O) groups is 2. The van der Waals surface area contributed by atoms with Crippen LogP contribution in [0.4, 0.5) is 19.3 Å². The molecular formula is C16H21F2N3O3. The Morgan fingerprint density at radius 2 is 1.88 bits per heavy atom. The molecule has 1 saturated heterocycles. The predicted octanol–water partition coefficient (Wildman–Crippen LogP) is 2.07. The zero-order chi connectivity index (χ0) is 17.7. The zero-order valence-electron chi connectivity index (χ0n) is 13.7. The molecule has 8 heteroatoms. The SMILES string of the molecule is CCOC(=O)N1CCN([C@H](C)C(=O)Nc2ccc(F)c(F)c2)CC1. The van der Waals surface area contributed by atoms with E-state index in [0.29, 0.717) is 32.8 Å². The summed E-state index contributed by atoms with van der Waals surface area (Å²) < 4.78 is 31.0. The van der Waals surface area contributed by atoms with E-state index in [1.807, 2.05) is 4.90 Å². The summed E-state index contributed by atoms with van der Waals surface area (Å²) in [5.74, 6) is -2.29. The first kappa shape index (κ1) is 18.1. The van der Waals surface area contributed by atoms with Gasteiger partial charge in [0.2, 0.25) is 5.91 Å². The topological polar surface area (TPSA) is 61.9 Å². The molecule has 1 aliphatic rings. The lowest BCUT2D eigenvalue weighted by Crippen LogP contribution is -2.54. The predicted molar refractivity (Wildman–Crippen MR) is 84.6 cm³/mol. The molecule has 1 aromatic rings. The van der Waals surface area contributed by atoms with Crippen molar-refractivity contribution >= 4 is 17.7 Å². The zero-order valence-corrected chi connectivity index (χ0v) is 13.7. The number of hydrogen-bond acceptors (Lipinski definition) is 4. The third-order valence-electron chi connectivity index (χ3n) is 3.95. The monoisotopic (exact) mass is 341 g/mol.